The molecule has 1 aromatic carbocycles. The lowest BCUT2D eigenvalue weighted by molar-refractivity contribution is 0.131. The summed E-state index contributed by atoms with van der Waals surface area (Å²) in [6.07, 6.45) is 3.22. The average Bonchev–Trinajstić information content (AvgIpc) is 3.10. The molecular weight excluding hydrogens is 266 g/mol. The molecule has 1 fully saturated rings. The van der Waals surface area contributed by atoms with Crippen LogP contribution < -0.4 is 5.32 Å². The molecule has 0 radical (unpaired) electrons. The molecule has 0 saturated heterocycles. The Morgan fingerprint density at radius 2 is 1.95 bits per heavy atom. The molecule has 2 atom stereocenters. The van der Waals surface area contributed by atoms with Crippen molar-refractivity contribution >= 4 is 11.3 Å². The third-order valence-electron chi connectivity index (χ3n) is 4.04. The van der Waals surface area contributed by atoms with E-state index in [1.54, 1.807) is 0 Å². The lowest BCUT2D eigenvalue weighted by Crippen LogP contribution is -2.27. The smallest absolute Gasteiger partial charge is 0.0580 e. The number of thiophene rings is 1. The molecule has 0 bridgehead atoms. The van der Waals surface area contributed by atoms with Gasteiger partial charge in [0.15, 0.2) is 0 Å². The predicted molar refractivity (Wildman–Crippen MR) is 84.8 cm³/mol. The molecule has 1 aromatic heterocycles. The molecule has 0 spiro atoms. The van der Waals surface area contributed by atoms with E-state index < -0.39 is 0 Å². The molecule has 1 aliphatic carbocycles. The largest absolute Gasteiger partial charge is 0.393 e. The summed E-state index contributed by atoms with van der Waals surface area (Å²) in [6, 6.07) is 14.9. The van der Waals surface area contributed by atoms with Gasteiger partial charge in [0.1, 0.15) is 0 Å². The van der Waals surface area contributed by atoms with Crippen LogP contribution in [0.1, 0.15) is 24.1 Å². The monoisotopic (exact) mass is 287 g/mol. The first kappa shape index (κ1) is 13.8. The van der Waals surface area contributed by atoms with Crippen molar-refractivity contribution in [1.82, 2.24) is 5.32 Å². The Morgan fingerprint density at radius 1 is 1.10 bits per heavy atom. The molecule has 106 valence electrons. The minimum absolute atomic E-state index is 0.0919. The Bertz CT molecular complexity index is 537. The van der Waals surface area contributed by atoms with Gasteiger partial charge in [-0.2, -0.15) is 0 Å². The van der Waals surface area contributed by atoms with Crippen LogP contribution in [0.4, 0.5) is 0 Å². The summed E-state index contributed by atoms with van der Waals surface area (Å²) >= 11 is 1.84. The quantitative estimate of drug-likeness (QED) is 0.879. The zero-order valence-electron chi connectivity index (χ0n) is 11.6. The van der Waals surface area contributed by atoms with Gasteiger partial charge in [-0.3, -0.25) is 0 Å². The van der Waals surface area contributed by atoms with Gasteiger partial charge in [-0.05, 0) is 36.5 Å². The summed E-state index contributed by atoms with van der Waals surface area (Å²) < 4.78 is 0. The van der Waals surface area contributed by atoms with Gasteiger partial charge in [0.25, 0.3) is 0 Å². The summed E-state index contributed by atoms with van der Waals surface area (Å²) in [7, 11) is 0. The lowest BCUT2D eigenvalue weighted by Gasteiger charge is -2.14. The van der Waals surface area contributed by atoms with E-state index in [4.69, 9.17) is 0 Å². The van der Waals surface area contributed by atoms with Crippen LogP contribution in [0.25, 0.3) is 10.4 Å². The number of rotatable bonds is 5. The zero-order valence-corrected chi connectivity index (χ0v) is 12.4. The van der Waals surface area contributed by atoms with Crippen LogP contribution in [-0.4, -0.2) is 17.8 Å². The van der Waals surface area contributed by atoms with Crippen LogP contribution in [-0.2, 0) is 6.54 Å². The summed E-state index contributed by atoms with van der Waals surface area (Å²) in [5, 5.41) is 13.3. The summed E-state index contributed by atoms with van der Waals surface area (Å²) in [6.45, 7) is 1.83. The molecule has 2 aromatic rings. The van der Waals surface area contributed by atoms with Crippen LogP contribution in [0.2, 0.25) is 0 Å². The van der Waals surface area contributed by atoms with E-state index in [1.165, 1.54) is 21.7 Å². The predicted octanol–water partition coefficient (Wildman–Crippen LogP) is 3.67. The summed E-state index contributed by atoms with van der Waals surface area (Å²) in [5.41, 5.74) is 1.29. The molecule has 0 aliphatic heterocycles. The van der Waals surface area contributed by atoms with E-state index in [-0.39, 0.29) is 6.10 Å². The molecule has 3 heteroatoms. The van der Waals surface area contributed by atoms with Gasteiger partial charge >= 0.3 is 0 Å². The maximum absolute atomic E-state index is 9.80. The third-order valence-corrected chi connectivity index (χ3v) is 5.18. The standard InChI is InChI=1S/C17H21NOS/c19-16-8-4-7-14(16)11-18-12-15-9-10-17(20-15)13-5-2-1-3-6-13/h1-3,5-6,9-10,14,16,18-19H,4,7-8,11-12H2. The van der Waals surface area contributed by atoms with Crippen molar-refractivity contribution in [2.75, 3.05) is 6.54 Å². The Balaban J connectivity index is 1.53. The van der Waals surface area contributed by atoms with Crippen molar-refractivity contribution in [2.24, 2.45) is 5.92 Å². The van der Waals surface area contributed by atoms with E-state index in [0.29, 0.717) is 5.92 Å². The second-order valence-corrected chi connectivity index (χ2v) is 6.69. The van der Waals surface area contributed by atoms with Gasteiger partial charge in [-0.25, -0.2) is 0 Å². The van der Waals surface area contributed by atoms with Crippen molar-refractivity contribution in [3.8, 4) is 10.4 Å². The van der Waals surface area contributed by atoms with Crippen molar-refractivity contribution in [3.05, 3.63) is 47.3 Å². The number of benzene rings is 1. The molecule has 20 heavy (non-hydrogen) atoms. The number of aliphatic hydroxyl groups is 1. The average molecular weight is 287 g/mol. The van der Waals surface area contributed by atoms with Crippen molar-refractivity contribution < 1.29 is 5.11 Å². The fourth-order valence-corrected chi connectivity index (χ4v) is 3.85. The van der Waals surface area contributed by atoms with E-state index in [9.17, 15) is 5.11 Å². The minimum atomic E-state index is -0.0919. The van der Waals surface area contributed by atoms with Crippen LogP contribution >= 0.6 is 11.3 Å². The third kappa shape index (κ3) is 3.29. The second-order valence-electron chi connectivity index (χ2n) is 5.52. The van der Waals surface area contributed by atoms with Crippen molar-refractivity contribution in [3.63, 3.8) is 0 Å². The highest BCUT2D eigenvalue weighted by molar-refractivity contribution is 7.15. The highest BCUT2D eigenvalue weighted by Crippen LogP contribution is 2.28. The van der Waals surface area contributed by atoms with Gasteiger partial charge in [-0.1, -0.05) is 36.8 Å². The van der Waals surface area contributed by atoms with Gasteiger partial charge in [0.2, 0.25) is 0 Å². The molecule has 1 heterocycles. The summed E-state index contributed by atoms with van der Waals surface area (Å²) in [5.74, 6) is 0.448. The summed E-state index contributed by atoms with van der Waals surface area (Å²) in [4.78, 5) is 2.68. The Morgan fingerprint density at radius 3 is 2.70 bits per heavy atom. The highest BCUT2D eigenvalue weighted by Gasteiger charge is 2.24. The fourth-order valence-electron chi connectivity index (χ4n) is 2.87. The SMILES string of the molecule is OC1CCCC1CNCc1ccc(-c2ccccc2)s1. The molecular formula is C17H21NOS. The van der Waals surface area contributed by atoms with Crippen molar-refractivity contribution in [2.45, 2.75) is 31.9 Å². The van der Waals surface area contributed by atoms with E-state index in [2.05, 4.69) is 41.7 Å². The molecule has 0 amide bonds. The molecule has 2 nitrogen and oxygen atoms in total. The molecule has 3 rings (SSSR count). The van der Waals surface area contributed by atoms with Crippen molar-refractivity contribution in [1.29, 1.82) is 0 Å². The van der Waals surface area contributed by atoms with Crippen LogP contribution in [0.15, 0.2) is 42.5 Å². The molecule has 1 aliphatic rings. The Hall–Kier alpha value is -1.16. The first-order chi connectivity index (χ1) is 9.83. The van der Waals surface area contributed by atoms with Gasteiger partial charge in [-0.15, -0.1) is 11.3 Å². The van der Waals surface area contributed by atoms with E-state index in [0.717, 1.165) is 25.9 Å². The first-order valence-electron chi connectivity index (χ1n) is 7.36. The topological polar surface area (TPSA) is 32.3 Å². The van der Waals surface area contributed by atoms with E-state index >= 15 is 0 Å². The van der Waals surface area contributed by atoms with Gasteiger partial charge in [0.05, 0.1) is 6.10 Å². The van der Waals surface area contributed by atoms with E-state index in [1.807, 2.05) is 17.4 Å². The van der Waals surface area contributed by atoms with Gasteiger partial charge < -0.3 is 10.4 Å². The minimum Gasteiger partial charge on any atom is -0.393 e. The Labute approximate surface area is 124 Å². The van der Waals surface area contributed by atoms with Gasteiger partial charge in [0, 0.05) is 22.8 Å². The van der Waals surface area contributed by atoms with Crippen LogP contribution in [0.5, 0.6) is 0 Å². The fraction of sp³-hybridized carbons (Fsp3) is 0.412. The lowest BCUT2D eigenvalue weighted by atomic mass is 10.1. The molecule has 1 saturated carbocycles. The Kier molecular flexibility index (Phi) is 4.51. The van der Waals surface area contributed by atoms with Crippen LogP contribution in [0, 0.1) is 5.92 Å². The maximum atomic E-state index is 9.80. The maximum Gasteiger partial charge on any atom is 0.0580 e. The number of aliphatic hydroxyl groups excluding tert-OH is 1. The highest BCUT2D eigenvalue weighted by atomic mass is 32.1. The zero-order chi connectivity index (χ0) is 13.8. The van der Waals surface area contributed by atoms with Crippen LogP contribution in [0.3, 0.4) is 0 Å². The normalized spacial score (nSPS) is 22.2. The molecule has 2 unspecified atom stereocenters. The molecule has 2 N–H and O–H groups in total. The number of hydrogen-bond acceptors (Lipinski definition) is 3. The number of hydrogen-bond donors (Lipinski definition) is 2. The second kappa shape index (κ2) is 6.53. The number of nitrogens with one attached hydrogen (secondary N) is 1. The first-order valence-corrected chi connectivity index (χ1v) is 8.17.